The third-order valence-corrected chi connectivity index (χ3v) is 3.18. The van der Waals surface area contributed by atoms with E-state index in [-0.39, 0.29) is 11.4 Å². The molecule has 3 rings (SSSR count). The Morgan fingerprint density at radius 3 is 2.61 bits per heavy atom. The Morgan fingerprint density at radius 2 is 1.94 bits per heavy atom. The van der Waals surface area contributed by atoms with Gasteiger partial charge in [0.1, 0.15) is 13.2 Å². The number of carbonyl (C=O) groups excluding carboxylic acids is 1. The molecule has 0 bridgehead atoms. The standard InChI is InChI=1S/C13H16N2O3/c1-13(14)7-15(8-13)12(16)9-2-3-10-11(6-9)18-5-4-17-10/h2-3,6H,4-5,7-8,14H2,1H3. The average molecular weight is 248 g/mol. The van der Waals surface area contributed by atoms with Crippen molar-refractivity contribution >= 4 is 5.91 Å². The fourth-order valence-corrected chi connectivity index (χ4v) is 2.33. The number of nitrogens with zero attached hydrogens (tertiary/aromatic N) is 1. The van der Waals surface area contributed by atoms with Crippen LogP contribution >= 0.6 is 0 Å². The second-order valence-corrected chi connectivity index (χ2v) is 5.17. The Hall–Kier alpha value is -1.75. The van der Waals surface area contributed by atoms with Gasteiger partial charge in [0.25, 0.3) is 5.91 Å². The van der Waals surface area contributed by atoms with Crippen LogP contribution in [-0.2, 0) is 0 Å². The second kappa shape index (κ2) is 3.88. The lowest BCUT2D eigenvalue weighted by Crippen LogP contribution is -2.66. The molecule has 1 saturated heterocycles. The molecule has 18 heavy (non-hydrogen) atoms. The molecule has 0 unspecified atom stereocenters. The van der Waals surface area contributed by atoms with E-state index < -0.39 is 0 Å². The molecule has 1 amide bonds. The molecular weight excluding hydrogens is 232 g/mol. The summed E-state index contributed by atoms with van der Waals surface area (Å²) in [6, 6.07) is 5.29. The zero-order chi connectivity index (χ0) is 12.8. The van der Waals surface area contributed by atoms with Gasteiger partial charge >= 0.3 is 0 Å². The zero-order valence-corrected chi connectivity index (χ0v) is 10.3. The molecule has 0 atom stereocenters. The van der Waals surface area contributed by atoms with Gasteiger partial charge < -0.3 is 20.1 Å². The van der Waals surface area contributed by atoms with Crippen LogP contribution in [0.15, 0.2) is 18.2 Å². The largest absolute Gasteiger partial charge is 0.486 e. The van der Waals surface area contributed by atoms with Gasteiger partial charge in [-0.1, -0.05) is 0 Å². The number of benzene rings is 1. The van der Waals surface area contributed by atoms with Gasteiger partial charge in [-0.2, -0.15) is 0 Å². The van der Waals surface area contributed by atoms with E-state index in [1.54, 1.807) is 23.1 Å². The van der Waals surface area contributed by atoms with Crippen LogP contribution in [-0.4, -0.2) is 42.6 Å². The first kappa shape index (κ1) is 11.3. The molecule has 96 valence electrons. The predicted octanol–water partition coefficient (Wildman–Crippen LogP) is 0.631. The van der Waals surface area contributed by atoms with Crippen molar-refractivity contribution < 1.29 is 14.3 Å². The number of hydrogen-bond donors (Lipinski definition) is 1. The molecule has 2 aliphatic heterocycles. The van der Waals surface area contributed by atoms with Crippen LogP contribution in [0.5, 0.6) is 11.5 Å². The van der Waals surface area contributed by atoms with Crippen LogP contribution in [0.4, 0.5) is 0 Å². The van der Waals surface area contributed by atoms with Gasteiger partial charge in [-0.25, -0.2) is 0 Å². The topological polar surface area (TPSA) is 64.8 Å². The highest BCUT2D eigenvalue weighted by Crippen LogP contribution is 2.31. The third-order valence-electron chi connectivity index (χ3n) is 3.18. The van der Waals surface area contributed by atoms with E-state index in [0.717, 1.165) is 0 Å². The number of ether oxygens (including phenoxy) is 2. The lowest BCUT2D eigenvalue weighted by atomic mass is 9.93. The Labute approximate surface area is 105 Å². The van der Waals surface area contributed by atoms with Gasteiger partial charge in [0, 0.05) is 24.2 Å². The maximum absolute atomic E-state index is 12.2. The maximum Gasteiger partial charge on any atom is 0.254 e. The Bertz CT molecular complexity index is 491. The van der Waals surface area contributed by atoms with Gasteiger partial charge in [0.2, 0.25) is 0 Å². The van der Waals surface area contributed by atoms with Crippen molar-refractivity contribution in [3.05, 3.63) is 23.8 Å². The highest BCUT2D eigenvalue weighted by atomic mass is 16.6. The minimum absolute atomic E-state index is 0.00472. The first-order valence-corrected chi connectivity index (χ1v) is 6.03. The molecule has 2 heterocycles. The number of amides is 1. The fraction of sp³-hybridized carbons (Fsp3) is 0.462. The van der Waals surface area contributed by atoms with E-state index in [1.807, 2.05) is 6.92 Å². The lowest BCUT2D eigenvalue weighted by molar-refractivity contribution is 0.0453. The van der Waals surface area contributed by atoms with Crippen LogP contribution in [0.25, 0.3) is 0 Å². The summed E-state index contributed by atoms with van der Waals surface area (Å²) in [5.74, 6) is 1.34. The minimum Gasteiger partial charge on any atom is -0.486 e. The van der Waals surface area contributed by atoms with Crippen molar-refractivity contribution in [2.24, 2.45) is 5.73 Å². The summed E-state index contributed by atoms with van der Waals surface area (Å²) < 4.78 is 10.9. The van der Waals surface area contributed by atoms with E-state index in [1.165, 1.54) is 0 Å². The summed E-state index contributed by atoms with van der Waals surface area (Å²) >= 11 is 0. The molecule has 2 aliphatic rings. The summed E-state index contributed by atoms with van der Waals surface area (Å²) in [7, 11) is 0. The SMILES string of the molecule is CC1(N)CN(C(=O)c2ccc3c(c2)OCCO3)C1. The number of nitrogens with two attached hydrogens (primary N) is 1. The van der Waals surface area contributed by atoms with Crippen molar-refractivity contribution in [2.75, 3.05) is 26.3 Å². The fourth-order valence-electron chi connectivity index (χ4n) is 2.33. The van der Waals surface area contributed by atoms with Gasteiger partial charge in [-0.15, -0.1) is 0 Å². The van der Waals surface area contributed by atoms with Crippen LogP contribution in [0.2, 0.25) is 0 Å². The minimum atomic E-state index is -0.247. The van der Waals surface area contributed by atoms with Crippen LogP contribution in [0, 0.1) is 0 Å². The molecule has 1 fully saturated rings. The smallest absolute Gasteiger partial charge is 0.254 e. The zero-order valence-electron chi connectivity index (χ0n) is 10.3. The number of likely N-dealkylation sites (tertiary alicyclic amines) is 1. The van der Waals surface area contributed by atoms with Gasteiger partial charge in [-0.3, -0.25) is 4.79 Å². The van der Waals surface area contributed by atoms with Crippen molar-refractivity contribution in [3.63, 3.8) is 0 Å². The summed E-state index contributed by atoms with van der Waals surface area (Å²) in [5.41, 5.74) is 6.27. The summed E-state index contributed by atoms with van der Waals surface area (Å²) in [5, 5.41) is 0. The highest BCUT2D eigenvalue weighted by molar-refractivity contribution is 5.95. The summed E-state index contributed by atoms with van der Waals surface area (Å²) in [6.07, 6.45) is 0. The summed E-state index contributed by atoms with van der Waals surface area (Å²) in [6.45, 7) is 4.22. The molecule has 5 heteroatoms. The molecule has 1 aromatic rings. The number of rotatable bonds is 1. The van der Waals surface area contributed by atoms with Crippen molar-refractivity contribution in [2.45, 2.75) is 12.5 Å². The van der Waals surface area contributed by atoms with E-state index in [9.17, 15) is 4.79 Å². The molecular formula is C13H16N2O3. The molecule has 0 aliphatic carbocycles. The Kier molecular flexibility index (Phi) is 2.45. The van der Waals surface area contributed by atoms with E-state index in [0.29, 0.717) is 43.4 Å². The summed E-state index contributed by atoms with van der Waals surface area (Å²) in [4.78, 5) is 13.9. The molecule has 0 saturated carbocycles. The van der Waals surface area contributed by atoms with Crippen LogP contribution in [0.3, 0.4) is 0 Å². The first-order valence-electron chi connectivity index (χ1n) is 6.03. The highest BCUT2D eigenvalue weighted by Gasteiger charge is 2.38. The third kappa shape index (κ3) is 1.90. The van der Waals surface area contributed by atoms with Crippen molar-refractivity contribution in [1.29, 1.82) is 0 Å². The van der Waals surface area contributed by atoms with Crippen LogP contribution in [0.1, 0.15) is 17.3 Å². The van der Waals surface area contributed by atoms with Gasteiger partial charge in [0.15, 0.2) is 11.5 Å². The maximum atomic E-state index is 12.2. The first-order chi connectivity index (χ1) is 8.55. The molecule has 2 N–H and O–H groups in total. The van der Waals surface area contributed by atoms with Gasteiger partial charge in [0.05, 0.1) is 0 Å². The number of hydrogen-bond acceptors (Lipinski definition) is 4. The van der Waals surface area contributed by atoms with E-state index >= 15 is 0 Å². The predicted molar refractivity (Wildman–Crippen MR) is 65.9 cm³/mol. The number of carbonyl (C=O) groups is 1. The molecule has 0 spiro atoms. The monoisotopic (exact) mass is 248 g/mol. The van der Waals surface area contributed by atoms with E-state index in [4.69, 9.17) is 15.2 Å². The Balaban J connectivity index is 1.78. The normalized spacial score (nSPS) is 20.2. The second-order valence-electron chi connectivity index (χ2n) is 5.17. The molecule has 1 aromatic carbocycles. The number of fused-ring (bicyclic) bond motifs is 1. The Morgan fingerprint density at radius 1 is 1.28 bits per heavy atom. The van der Waals surface area contributed by atoms with E-state index in [2.05, 4.69) is 0 Å². The molecule has 5 nitrogen and oxygen atoms in total. The van der Waals surface area contributed by atoms with Crippen molar-refractivity contribution in [3.8, 4) is 11.5 Å². The quantitative estimate of drug-likeness (QED) is 0.791. The van der Waals surface area contributed by atoms with Crippen LogP contribution < -0.4 is 15.2 Å². The lowest BCUT2D eigenvalue weighted by Gasteiger charge is -2.45. The average Bonchev–Trinajstić information content (AvgIpc) is 2.34. The molecule has 0 aromatic heterocycles. The molecule has 0 radical (unpaired) electrons. The van der Waals surface area contributed by atoms with Crippen molar-refractivity contribution in [1.82, 2.24) is 4.90 Å². The van der Waals surface area contributed by atoms with Gasteiger partial charge in [-0.05, 0) is 25.1 Å².